The summed E-state index contributed by atoms with van der Waals surface area (Å²) in [6, 6.07) is 6.56. The van der Waals surface area contributed by atoms with E-state index in [0.29, 0.717) is 6.04 Å². The molecule has 0 radical (unpaired) electrons. The highest BCUT2D eigenvalue weighted by Crippen LogP contribution is 2.35. The Morgan fingerprint density at radius 1 is 1.44 bits per heavy atom. The van der Waals surface area contributed by atoms with Gasteiger partial charge in [0.05, 0.1) is 18.5 Å². The minimum Gasteiger partial charge on any atom is -0.495 e. The van der Waals surface area contributed by atoms with E-state index in [1.165, 1.54) is 12.8 Å². The van der Waals surface area contributed by atoms with E-state index < -0.39 is 0 Å². The predicted octanol–water partition coefficient (Wildman–Crippen LogP) is 1.81. The molecule has 0 aromatic heterocycles. The molecule has 1 aromatic rings. The molecule has 0 saturated carbocycles. The van der Waals surface area contributed by atoms with E-state index in [-0.39, 0.29) is 0 Å². The molecule has 18 heavy (non-hydrogen) atoms. The number of para-hydroxylation sites is 1. The highest BCUT2D eigenvalue weighted by atomic mass is 16.5. The van der Waals surface area contributed by atoms with Crippen LogP contribution < -0.4 is 15.4 Å². The zero-order chi connectivity index (χ0) is 13.1. The van der Waals surface area contributed by atoms with Crippen molar-refractivity contribution in [3.05, 3.63) is 18.2 Å². The zero-order valence-corrected chi connectivity index (χ0v) is 11.5. The average molecular weight is 249 g/mol. The van der Waals surface area contributed by atoms with E-state index >= 15 is 0 Å². The SMILES string of the molecule is COc1cccc(N2CCCC2CN(C)C)c1N. The first kappa shape index (κ1) is 13.0. The van der Waals surface area contributed by atoms with Gasteiger partial charge in [-0.05, 0) is 39.1 Å². The molecule has 1 aliphatic heterocycles. The standard InChI is InChI=1S/C14H23N3O/c1-16(2)10-11-6-5-9-17(11)12-7-4-8-13(18-3)14(12)15/h4,7-8,11H,5-6,9-10,15H2,1-3H3. The quantitative estimate of drug-likeness (QED) is 0.826. The highest BCUT2D eigenvalue weighted by Gasteiger charge is 2.27. The summed E-state index contributed by atoms with van der Waals surface area (Å²) in [5, 5.41) is 0. The number of nitrogens with two attached hydrogens (primary N) is 1. The Bertz CT molecular complexity index is 406. The molecule has 1 aliphatic rings. The van der Waals surface area contributed by atoms with Gasteiger partial charge in [0.15, 0.2) is 0 Å². The van der Waals surface area contributed by atoms with Crippen molar-refractivity contribution in [1.29, 1.82) is 0 Å². The molecular weight excluding hydrogens is 226 g/mol. The number of ether oxygens (including phenoxy) is 1. The Labute approximate surface area is 109 Å². The topological polar surface area (TPSA) is 41.7 Å². The zero-order valence-electron chi connectivity index (χ0n) is 11.5. The minimum atomic E-state index is 0.550. The Hall–Kier alpha value is -1.42. The molecule has 4 nitrogen and oxygen atoms in total. The van der Waals surface area contributed by atoms with Crippen molar-refractivity contribution in [2.45, 2.75) is 18.9 Å². The maximum Gasteiger partial charge on any atom is 0.143 e. The van der Waals surface area contributed by atoms with Crippen LogP contribution in [0.25, 0.3) is 0 Å². The summed E-state index contributed by atoms with van der Waals surface area (Å²) < 4.78 is 5.30. The third-order valence-electron chi connectivity index (χ3n) is 3.53. The van der Waals surface area contributed by atoms with Gasteiger partial charge in [-0.2, -0.15) is 0 Å². The molecular formula is C14H23N3O. The predicted molar refractivity (Wildman–Crippen MR) is 76.3 cm³/mol. The number of nitrogens with zero attached hydrogens (tertiary/aromatic N) is 2. The van der Waals surface area contributed by atoms with Gasteiger partial charge in [0, 0.05) is 19.1 Å². The maximum atomic E-state index is 6.19. The van der Waals surface area contributed by atoms with Gasteiger partial charge in [-0.3, -0.25) is 0 Å². The summed E-state index contributed by atoms with van der Waals surface area (Å²) in [4.78, 5) is 4.65. The van der Waals surface area contributed by atoms with E-state index in [0.717, 1.165) is 30.2 Å². The molecule has 2 rings (SSSR count). The molecule has 0 amide bonds. The van der Waals surface area contributed by atoms with Crippen molar-refractivity contribution in [3.8, 4) is 5.75 Å². The molecule has 1 atom stereocenters. The van der Waals surface area contributed by atoms with Crippen LogP contribution in [0.2, 0.25) is 0 Å². The number of benzene rings is 1. The van der Waals surface area contributed by atoms with Crippen LogP contribution in [-0.4, -0.2) is 45.2 Å². The normalized spacial score (nSPS) is 19.6. The van der Waals surface area contributed by atoms with Crippen LogP contribution in [0, 0.1) is 0 Å². The molecule has 2 N–H and O–H groups in total. The Morgan fingerprint density at radius 2 is 2.22 bits per heavy atom. The van der Waals surface area contributed by atoms with Gasteiger partial charge < -0.3 is 20.3 Å². The summed E-state index contributed by atoms with van der Waals surface area (Å²) in [5.74, 6) is 0.767. The van der Waals surface area contributed by atoms with Crippen LogP contribution in [0.15, 0.2) is 18.2 Å². The van der Waals surface area contributed by atoms with Crippen LogP contribution in [-0.2, 0) is 0 Å². The lowest BCUT2D eigenvalue weighted by Crippen LogP contribution is -2.37. The summed E-state index contributed by atoms with van der Waals surface area (Å²) in [7, 11) is 5.90. The maximum absolute atomic E-state index is 6.19. The van der Waals surface area contributed by atoms with Crippen molar-refractivity contribution < 1.29 is 4.74 Å². The van der Waals surface area contributed by atoms with Crippen molar-refractivity contribution in [2.75, 3.05) is 44.9 Å². The Kier molecular flexibility index (Phi) is 3.97. The molecule has 1 saturated heterocycles. The van der Waals surface area contributed by atoms with Crippen LogP contribution >= 0.6 is 0 Å². The molecule has 0 spiro atoms. The Balaban J connectivity index is 2.24. The van der Waals surface area contributed by atoms with Crippen molar-refractivity contribution in [1.82, 2.24) is 4.90 Å². The fraction of sp³-hybridized carbons (Fsp3) is 0.571. The third-order valence-corrected chi connectivity index (χ3v) is 3.53. The van der Waals surface area contributed by atoms with Gasteiger partial charge in [-0.15, -0.1) is 0 Å². The van der Waals surface area contributed by atoms with Crippen molar-refractivity contribution in [2.24, 2.45) is 0 Å². The summed E-state index contributed by atoms with van der Waals surface area (Å²) in [5.41, 5.74) is 8.05. The average Bonchev–Trinajstić information content (AvgIpc) is 2.76. The molecule has 1 aromatic carbocycles. The lowest BCUT2D eigenvalue weighted by molar-refractivity contribution is 0.372. The molecule has 1 unspecified atom stereocenters. The van der Waals surface area contributed by atoms with E-state index in [4.69, 9.17) is 10.5 Å². The van der Waals surface area contributed by atoms with Gasteiger partial charge in [0.2, 0.25) is 0 Å². The van der Waals surface area contributed by atoms with Gasteiger partial charge >= 0.3 is 0 Å². The monoisotopic (exact) mass is 249 g/mol. The fourth-order valence-electron chi connectivity index (χ4n) is 2.73. The highest BCUT2D eigenvalue weighted by molar-refractivity contribution is 5.74. The number of methoxy groups -OCH3 is 1. The van der Waals surface area contributed by atoms with Crippen LogP contribution in [0.4, 0.5) is 11.4 Å². The first-order valence-electron chi connectivity index (χ1n) is 6.47. The summed E-state index contributed by atoms with van der Waals surface area (Å²) in [6.45, 7) is 2.15. The van der Waals surface area contributed by atoms with E-state index in [1.807, 2.05) is 12.1 Å². The minimum absolute atomic E-state index is 0.550. The summed E-state index contributed by atoms with van der Waals surface area (Å²) >= 11 is 0. The van der Waals surface area contributed by atoms with E-state index in [2.05, 4.69) is 30.0 Å². The number of rotatable bonds is 4. The fourth-order valence-corrected chi connectivity index (χ4v) is 2.73. The smallest absolute Gasteiger partial charge is 0.143 e. The molecule has 4 heteroatoms. The number of hydrogen-bond acceptors (Lipinski definition) is 4. The lowest BCUT2D eigenvalue weighted by atomic mass is 10.1. The van der Waals surface area contributed by atoms with Gasteiger partial charge in [-0.25, -0.2) is 0 Å². The molecule has 1 fully saturated rings. The molecule has 0 bridgehead atoms. The second-order valence-corrected chi connectivity index (χ2v) is 5.14. The number of likely N-dealkylation sites (N-methyl/N-ethyl adjacent to an activating group) is 1. The molecule has 100 valence electrons. The third kappa shape index (κ3) is 2.53. The van der Waals surface area contributed by atoms with Crippen LogP contribution in [0.1, 0.15) is 12.8 Å². The van der Waals surface area contributed by atoms with Gasteiger partial charge in [0.1, 0.15) is 5.75 Å². The number of nitrogen functional groups attached to an aromatic ring is 1. The summed E-state index contributed by atoms with van der Waals surface area (Å²) in [6.07, 6.45) is 2.46. The number of anilines is 2. The van der Waals surface area contributed by atoms with E-state index in [9.17, 15) is 0 Å². The Morgan fingerprint density at radius 3 is 2.89 bits per heavy atom. The molecule has 1 heterocycles. The lowest BCUT2D eigenvalue weighted by Gasteiger charge is -2.30. The van der Waals surface area contributed by atoms with Gasteiger partial charge in [-0.1, -0.05) is 6.07 Å². The van der Waals surface area contributed by atoms with Gasteiger partial charge in [0.25, 0.3) is 0 Å². The first-order valence-corrected chi connectivity index (χ1v) is 6.47. The second-order valence-electron chi connectivity index (χ2n) is 5.14. The van der Waals surface area contributed by atoms with Crippen LogP contribution in [0.3, 0.4) is 0 Å². The largest absolute Gasteiger partial charge is 0.495 e. The first-order chi connectivity index (χ1) is 8.63. The van der Waals surface area contributed by atoms with E-state index in [1.54, 1.807) is 7.11 Å². The van der Waals surface area contributed by atoms with Crippen molar-refractivity contribution >= 4 is 11.4 Å². The van der Waals surface area contributed by atoms with Crippen molar-refractivity contribution in [3.63, 3.8) is 0 Å². The number of hydrogen-bond donors (Lipinski definition) is 1. The van der Waals surface area contributed by atoms with Crippen LogP contribution in [0.5, 0.6) is 5.75 Å². The molecule has 0 aliphatic carbocycles. The second kappa shape index (κ2) is 5.48.